The summed E-state index contributed by atoms with van der Waals surface area (Å²) in [5, 5.41) is 6.11. The van der Waals surface area contributed by atoms with E-state index in [9.17, 15) is 4.79 Å². The molecule has 0 aromatic carbocycles. The summed E-state index contributed by atoms with van der Waals surface area (Å²) in [5.41, 5.74) is 0.864. The third kappa shape index (κ3) is 3.90. The molecular formula is C15H22N2OS. The summed E-state index contributed by atoms with van der Waals surface area (Å²) in [5.74, 6) is 1.26. The normalized spacial score (nSPS) is 27.6. The van der Waals surface area contributed by atoms with E-state index < -0.39 is 0 Å². The molecule has 1 fully saturated rings. The average Bonchev–Trinajstić information content (AvgIpc) is 2.78. The summed E-state index contributed by atoms with van der Waals surface area (Å²) in [7, 11) is 0. The first-order chi connectivity index (χ1) is 9.06. The van der Waals surface area contributed by atoms with Crippen molar-refractivity contribution in [2.75, 3.05) is 0 Å². The van der Waals surface area contributed by atoms with Crippen LogP contribution in [-0.2, 0) is 4.79 Å². The Morgan fingerprint density at radius 1 is 1.47 bits per heavy atom. The molecule has 1 aliphatic carbocycles. The van der Waals surface area contributed by atoms with Crippen molar-refractivity contribution in [2.24, 2.45) is 11.8 Å². The van der Waals surface area contributed by atoms with E-state index in [2.05, 4.69) is 24.1 Å². The second-order valence-electron chi connectivity index (χ2n) is 5.51. The van der Waals surface area contributed by atoms with Crippen LogP contribution in [0.25, 0.3) is 6.08 Å². The van der Waals surface area contributed by atoms with E-state index in [0.29, 0.717) is 17.9 Å². The van der Waals surface area contributed by atoms with E-state index in [4.69, 9.17) is 0 Å². The predicted octanol–water partition coefficient (Wildman–Crippen LogP) is 3.41. The van der Waals surface area contributed by atoms with Crippen LogP contribution in [0, 0.1) is 18.8 Å². The lowest BCUT2D eigenvalue weighted by molar-refractivity contribution is -0.117. The molecule has 19 heavy (non-hydrogen) atoms. The Hall–Kier alpha value is -1.16. The zero-order valence-electron chi connectivity index (χ0n) is 11.8. The monoisotopic (exact) mass is 278 g/mol. The summed E-state index contributed by atoms with van der Waals surface area (Å²) in [6.45, 7) is 6.48. The van der Waals surface area contributed by atoms with E-state index in [0.717, 1.165) is 17.1 Å². The lowest BCUT2D eigenvalue weighted by Gasteiger charge is -2.34. The van der Waals surface area contributed by atoms with Gasteiger partial charge in [-0.15, -0.1) is 11.3 Å². The number of thiazole rings is 1. The molecule has 1 amide bonds. The Balaban J connectivity index is 1.88. The molecule has 2 rings (SSSR count). The van der Waals surface area contributed by atoms with Crippen molar-refractivity contribution >= 4 is 23.3 Å². The first-order valence-electron chi connectivity index (χ1n) is 6.97. The molecule has 1 saturated carbocycles. The highest BCUT2D eigenvalue weighted by Crippen LogP contribution is 2.29. The second-order valence-corrected chi connectivity index (χ2v) is 6.57. The minimum atomic E-state index is -0.00315. The molecule has 0 saturated heterocycles. The van der Waals surface area contributed by atoms with Gasteiger partial charge in [-0.3, -0.25) is 4.79 Å². The Labute approximate surface area is 119 Å². The van der Waals surface area contributed by atoms with Gasteiger partial charge in [-0.05, 0) is 31.3 Å². The van der Waals surface area contributed by atoms with Crippen LogP contribution in [0.4, 0.5) is 0 Å². The summed E-state index contributed by atoms with van der Waals surface area (Å²) in [6, 6.07) is 0.318. The summed E-state index contributed by atoms with van der Waals surface area (Å²) >= 11 is 1.60. The average molecular weight is 278 g/mol. The van der Waals surface area contributed by atoms with Gasteiger partial charge in [0.15, 0.2) is 0 Å². The maximum absolute atomic E-state index is 11.9. The number of hydrogen-bond donors (Lipinski definition) is 1. The topological polar surface area (TPSA) is 42.0 Å². The smallest absolute Gasteiger partial charge is 0.244 e. The lowest BCUT2D eigenvalue weighted by Crippen LogP contribution is -2.43. The zero-order chi connectivity index (χ0) is 13.8. The molecule has 1 aromatic rings. The van der Waals surface area contributed by atoms with Crippen LogP contribution in [0.3, 0.4) is 0 Å². The number of rotatable bonds is 3. The minimum absolute atomic E-state index is 0.00315. The van der Waals surface area contributed by atoms with Crippen molar-refractivity contribution in [1.29, 1.82) is 0 Å². The lowest BCUT2D eigenvalue weighted by atomic mass is 9.78. The SMILES string of the molecule is Cc1nc(/C=C/C(=O)NC2CCCC(C)C2C)cs1. The highest BCUT2D eigenvalue weighted by atomic mass is 32.1. The molecular weight excluding hydrogens is 256 g/mol. The molecule has 0 aliphatic heterocycles. The van der Waals surface area contributed by atoms with Crippen LogP contribution in [-0.4, -0.2) is 16.9 Å². The molecule has 3 atom stereocenters. The Bertz CT molecular complexity index is 466. The van der Waals surface area contributed by atoms with E-state index >= 15 is 0 Å². The third-order valence-electron chi connectivity index (χ3n) is 4.08. The molecule has 3 nitrogen and oxygen atoms in total. The summed E-state index contributed by atoms with van der Waals surface area (Å²) in [4.78, 5) is 16.2. The molecule has 104 valence electrons. The van der Waals surface area contributed by atoms with Crippen molar-refractivity contribution < 1.29 is 4.79 Å². The van der Waals surface area contributed by atoms with Gasteiger partial charge >= 0.3 is 0 Å². The fourth-order valence-corrected chi connectivity index (χ4v) is 3.22. The van der Waals surface area contributed by atoms with Gasteiger partial charge in [0, 0.05) is 17.5 Å². The molecule has 0 bridgehead atoms. The number of carbonyl (C=O) groups excluding carboxylic acids is 1. The number of amides is 1. The number of aryl methyl sites for hydroxylation is 1. The third-order valence-corrected chi connectivity index (χ3v) is 4.87. The Morgan fingerprint density at radius 3 is 2.95 bits per heavy atom. The molecule has 1 aromatic heterocycles. The number of carbonyl (C=O) groups is 1. The quantitative estimate of drug-likeness (QED) is 0.861. The number of aromatic nitrogens is 1. The van der Waals surface area contributed by atoms with Crippen LogP contribution in [0.5, 0.6) is 0 Å². The van der Waals surface area contributed by atoms with Crippen LogP contribution < -0.4 is 5.32 Å². The van der Waals surface area contributed by atoms with E-state index in [1.54, 1.807) is 23.5 Å². The largest absolute Gasteiger partial charge is 0.350 e. The molecule has 0 spiro atoms. The molecule has 4 heteroatoms. The van der Waals surface area contributed by atoms with Gasteiger partial charge in [0.25, 0.3) is 0 Å². The number of nitrogens with one attached hydrogen (secondary N) is 1. The summed E-state index contributed by atoms with van der Waals surface area (Å²) < 4.78 is 0. The molecule has 1 heterocycles. The van der Waals surface area contributed by atoms with Gasteiger partial charge in [-0.25, -0.2) is 4.98 Å². The van der Waals surface area contributed by atoms with E-state index in [1.165, 1.54) is 12.8 Å². The maximum Gasteiger partial charge on any atom is 0.244 e. The summed E-state index contributed by atoms with van der Waals surface area (Å²) in [6.07, 6.45) is 6.98. The van der Waals surface area contributed by atoms with Gasteiger partial charge < -0.3 is 5.32 Å². The molecule has 0 radical (unpaired) electrons. The maximum atomic E-state index is 11.9. The van der Waals surface area contributed by atoms with Gasteiger partial charge in [0.05, 0.1) is 10.7 Å². The molecule has 1 aliphatic rings. The van der Waals surface area contributed by atoms with Crippen LogP contribution >= 0.6 is 11.3 Å². The first kappa shape index (κ1) is 14.3. The molecule has 3 unspecified atom stereocenters. The van der Waals surface area contributed by atoms with E-state index in [-0.39, 0.29) is 5.91 Å². The van der Waals surface area contributed by atoms with Crippen LogP contribution in [0.2, 0.25) is 0 Å². The van der Waals surface area contributed by atoms with Gasteiger partial charge in [0.2, 0.25) is 5.91 Å². The zero-order valence-corrected chi connectivity index (χ0v) is 12.7. The van der Waals surface area contributed by atoms with Gasteiger partial charge in [-0.1, -0.05) is 26.7 Å². The van der Waals surface area contributed by atoms with Crippen molar-refractivity contribution in [3.05, 3.63) is 22.2 Å². The molecule has 1 N–H and O–H groups in total. The fraction of sp³-hybridized carbons (Fsp3) is 0.600. The fourth-order valence-electron chi connectivity index (χ4n) is 2.63. The minimum Gasteiger partial charge on any atom is -0.350 e. The van der Waals surface area contributed by atoms with Crippen LogP contribution in [0.1, 0.15) is 43.8 Å². The number of hydrogen-bond acceptors (Lipinski definition) is 3. The van der Waals surface area contributed by atoms with Gasteiger partial charge in [-0.2, -0.15) is 0 Å². The van der Waals surface area contributed by atoms with Crippen molar-refractivity contribution in [1.82, 2.24) is 10.3 Å². The number of nitrogens with zero attached hydrogens (tertiary/aromatic N) is 1. The van der Waals surface area contributed by atoms with Crippen molar-refractivity contribution in [3.8, 4) is 0 Å². The van der Waals surface area contributed by atoms with Gasteiger partial charge in [0.1, 0.15) is 0 Å². The highest BCUT2D eigenvalue weighted by molar-refractivity contribution is 7.09. The van der Waals surface area contributed by atoms with Crippen molar-refractivity contribution in [2.45, 2.75) is 46.1 Å². The first-order valence-corrected chi connectivity index (χ1v) is 7.85. The predicted molar refractivity (Wildman–Crippen MR) is 80.0 cm³/mol. The highest BCUT2D eigenvalue weighted by Gasteiger charge is 2.27. The second kappa shape index (κ2) is 6.33. The Morgan fingerprint density at radius 2 is 2.26 bits per heavy atom. The standard InChI is InChI=1S/C15H22N2OS/c1-10-5-4-6-14(11(10)2)17-15(18)8-7-13-9-19-12(3)16-13/h7-11,14H,4-6H2,1-3H3,(H,17,18)/b8-7+. The van der Waals surface area contributed by atoms with Crippen LogP contribution in [0.15, 0.2) is 11.5 Å². The Kier molecular flexibility index (Phi) is 4.75. The van der Waals surface area contributed by atoms with E-state index in [1.807, 2.05) is 12.3 Å². The van der Waals surface area contributed by atoms with Crippen molar-refractivity contribution in [3.63, 3.8) is 0 Å².